The third-order valence-corrected chi connectivity index (χ3v) is 4.08. The molecule has 3 heteroatoms. The summed E-state index contributed by atoms with van der Waals surface area (Å²) in [6.45, 7) is 0.284. The maximum absolute atomic E-state index is 12.0. The van der Waals surface area contributed by atoms with Crippen LogP contribution in [0.15, 0.2) is 60.7 Å². The Morgan fingerprint density at radius 1 is 1.05 bits per heavy atom. The molecule has 1 aliphatic rings. The molecule has 0 amide bonds. The minimum Gasteiger partial charge on any atom is -0.465 e. The van der Waals surface area contributed by atoms with Gasteiger partial charge >= 0.3 is 5.97 Å². The number of carbonyl (C=O) groups is 1. The van der Waals surface area contributed by atoms with Gasteiger partial charge in [-0.15, -0.1) is 0 Å². The van der Waals surface area contributed by atoms with Gasteiger partial charge in [0.05, 0.1) is 18.6 Å². The second-order valence-electron chi connectivity index (χ2n) is 5.45. The highest BCUT2D eigenvalue weighted by Gasteiger charge is 2.41. The first-order valence-electron chi connectivity index (χ1n) is 7.19. The average Bonchev–Trinajstić information content (AvgIpc) is 2.90. The number of rotatable bonds is 4. The maximum Gasteiger partial charge on any atom is 0.309 e. The van der Waals surface area contributed by atoms with E-state index in [-0.39, 0.29) is 24.4 Å². The molecule has 21 heavy (non-hydrogen) atoms. The molecule has 3 atom stereocenters. The minimum absolute atomic E-state index is 0.194. The Morgan fingerprint density at radius 3 is 2.33 bits per heavy atom. The standard InChI is InChI=1S/C18H18O3/c19-17(14-9-5-2-6-10-14)16-12-21-18(20)15(16)11-13-7-3-1-4-8-13/h1-10,15-17,19H,11-12H2. The van der Waals surface area contributed by atoms with Crippen LogP contribution in [0.25, 0.3) is 0 Å². The first-order valence-corrected chi connectivity index (χ1v) is 7.19. The number of ether oxygens (including phenoxy) is 1. The maximum atomic E-state index is 12.0. The van der Waals surface area contributed by atoms with Gasteiger partial charge in [0.1, 0.15) is 0 Å². The monoisotopic (exact) mass is 282 g/mol. The molecule has 3 nitrogen and oxygen atoms in total. The van der Waals surface area contributed by atoms with E-state index in [1.807, 2.05) is 60.7 Å². The van der Waals surface area contributed by atoms with Crippen molar-refractivity contribution in [3.63, 3.8) is 0 Å². The molecule has 1 N–H and O–H groups in total. The van der Waals surface area contributed by atoms with Crippen LogP contribution >= 0.6 is 0 Å². The van der Waals surface area contributed by atoms with Crippen LogP contribution in [0.4, 0.5) is 0 Å². The van der Waals surface area contributed by atoms with Crippen molar-refractivity contribution < 1.29 is 14.6 Å². The number of carbonyl (C=O) groups excluding carboxylic acids is 1. The number of benzene rings is 2. The van der Waals surface area contributed by atoms with Gasteiger partial charge in [0, 0.05) is 5.92 Å². The SMILES string of the molecule is O=C1OCC(C(O)c2ccccc2)C1Cc1ccccc1. The van der Waals surface area contributed by atoms with Crippen molar-refractivity contribution in [3.05, 3.63) is 71.8 Å². The molecular formula is C18H18O3. The molecule has 1 fully saturated rings. The van der Waals surface area contributed by atoms with Crippen molar-refractivity contribution in [1.82, 2.24) is 0 Å². The van der Waals surface area contributed by atoms with Gasteiger partial charge in [0.15, 0.2) is 0 Å². The van der Waals surface area contributed by atoms with Crippen LogP contribution in [0.3, 0.4) is 0 Å². The van der Waals surface area contributed by atoms with E-state index < -0.39 is 6.10 Å². The van der Waals surface area contributed by atoms with E-state index in [1.54, 1.807) is 0 Å². The summed E-state index contributed by atoms with van der Waals surface area (Å²) in [7, 11) is 0. The van der Waals surface area contributed by atoms with Gasteiger partial charge in [0.2, 0.25) is 0 Å². The number of hydrogen-bond acceptors (Lipinski definition) is 3. The fraction of sp³-hybridized carbons (Fsp3) is 0.278. The van der Waals surface area contributed by atoms with Crippen molar-refractivity contribution >= 4 is 5.97 Å². The zero-order valence-corrected chi connectivity index (χ0v) is 11.7. The molecule has 1 saturated heterocycles. The molecule has 0 spiro atoms. The number of hydrogen-bond donors (Lipinski definition) is 1. The smallest absolute Gasteiger partial charge is 0.309 e. The fourth-order valence-corrected chi connectivity index (χ4v) is 2.89. The lowest BCUT2D eigenvalue weighted by atomic mass is 9.83. The highest BCUT2D eigenvalue weighted by molar-refractivity contribution is 5.75. The summed E-state index contributed by atoms with van der Waals surface area (Å²) in [5.41, 5.74) is 1.92. The van der Waals surface area contributed by atoms with Gasteiger partial charge in [-0.1, -0.05) is 60.7 Å². The quantitative estimate of drug-likeness (QED) is 0.877. The fourth-order valence-electron chi connectivity index (χ4n) is 2.89. The minimum atomic E-state index is -0.675. The Balaban J connectivity index is 1.79. The third-order valence-electron chi connectivity index (χ3n) is 4.08. The summed E-state index contributed by atoms with van der Waals surface area (Å²) in [5.74, 6) is -0.693. The largest absolute Gasteiger partial charge is 0.465 e. The van der Waals surface area contributed by atoms with Gasteiger partial charge in [-0.25, -0.2) is 0 Å². The number of esters is 1. The van der Waals surface area contributed by atoms with Crippen molar-refractivity contribution in [2.45, 2.75) is 12.5 Å². The van der Waals surface area contributed by atoms with Gasteiger partial charge in [-0.05, 0) is 17.5 Å². The predicted octanol–water partition coefficient (Wildman–Crippen LogP) is 2.75. The van der Waals surface area contributed by atoms with Crippen LogP contribution in [0.2, 0.25) is 0 Å². The van der Waals surface area contributed by atoms with E-state index in [0.717, 1.165) is 11.1 Å². The molecule has 1 heterocycles. The molecule has 1 aliphatic heterocycles. The highest BCUT2D eigenvalue weighted by Crippen LogP contribution is 2.35. The van der Waals surface area contributed by atoms with Crippen molar-refractivity contribution in [2.24, 2.45) is 11.8 Å². The van der Waals surface area contributed by atoms with E-state index in [9.17, 15) is 9.90 Å². The van der Waals surface area contributed by atoms with Crippen LogP contribution in [0, 0.1) is 11.8 Å². The average molecular weight is 282 g/mol. The summed E-state index contributed by atoms with van der Waals surface area (Å²) in [6.07, 6.45) is -0.0693. The predicted molar refractivity (Wildman–Crippen MR) is 79.5 cm³/mol. The van der Waals surface area contributed by atoms with E-state index in [4.69, 9.17) is 4.74 Å². The lowest BCUT2D eigenvalue weighted by Gasteiger charge is -2.21. The van der Waals surface area contributed by atoms with Gasteiger partial charge in [-0.3, -0.25) is 4.79 Å². The Bertz CT molecular complexity index is 594. The summed E-state index contributed by atoms with van der Waals surface area (Å²) < 4.78 is 5.19. The van der Waals surface area contributed by atoms with Crippen LogP contribution in [-0.4, -0.2) is 17.7 Å². The lowest BCUT2D eigenvalue weighted by Crippen LogP contribution is -2.24. The molecule has 0 aliphatic carbocycles. The molecule has 2 aromatic rings. The van der Waals surface area contributed by atoms with Crippen molar-refractivity contribution in [2.75, 3.05) is 6.61 Å². The molecule has 0 saturated carbocycles. The van der Waals surface area contributed by atoms with Crippen LogP contribution in [-0.2, 0) is 16.0 Å². The van der Waals surface area contributed by atoms with Gasteiger partial charge in [0.25, 0.3) is 0 Å². The Hall–Kier alpha value is -2.13. The zero-order valence-electron chi connectivity index (χ0n) is 11.7. The second kappa shape index (κ2) is 6.10. The van der Waals surface area contributed by atoms with Crippen LogP contribution in [0.5, 0.6) is 0 Å². The van der Waals surface area contributed by atoms with Crippen molar-refractivity contribution in [1.29, 1.82) is 0 Å². The highest BCUT2D eigenvalue weighted by atomic mass is 16.5. The topological polar surface area (TPSA) is 46.5 Å². The molecule has 0 aromatic heterocycles. The Kier molecular flexibility index (Phi) is 4.02. The molecule has 0 bridgehead atoms. The summed E-state index contributed by atoms with van der Waals surface area (Å²) in [4.78, 5) is 12.0. The lowest BCUT2D eigenvalue weighted by molar-refractivity contribution is -0.141. The number of cyclic esters (lactones) is 1. The molecule has 2 aromatic carbocycles. The third kappa shape index (κ3) is 2.98. The Labute approximate surface area is 124 Å². The van der Waals surface area contributed by atoms with Crippen LogP contribution in [0.1, 0.15) is 17.2 Å². The first-order chi connectivity index (χ1) is 10.3. The van der Waals surface area contributed by atoms with Gasteiger partial charge in [-0.2, -0.15) is 0 Å². The molecule has 108 valence electrons. The first kappa shape index (κ1) is 13.8. The summed E-state index contributed by atoms with van der Waals surface area (Å²) in [5, 5.41) is 10.6. The normalized spacial score (nSPS) is 22.8. The zero-order chi connectivity index (χ0) is 14.7. The summed E-state index contributed by atoms with van der Waals surface area (Å²) in [6, 6.07) is 19.3. The molecule has 3 unspecified atom stereocenters. The summed E-state index contributed by atoms with van der Waals surface area (Å²) >= 11 is 0. The van der Waals surface area contributed by atoms with Gasteiger partial charge < -0.3 is 9.84 Å². The molecule has 0 radical (unpaired) electrons. The van der Waals surface area contributed by atoms with E-state index in [2.05, 4.69) is 0 Å². The molecule has 3 rings (SSSR count). The molecular weight excluding hydrogens is 264 g/mol. The number of aliphatic hydroxyl groups excluding tert-OH is 1. The van der Waals surface area contributed by atoms with E-state index in [0.29, 0.717) is 6.42 Å². The Morgan fingerprint density at radius 2 is 1.67 bits per heavy atom. The number of aliphatic hydroxyl groups is 1. The van der Waals surface area contributed by atoms with E-state index >= 15 is 0 Å². The second-order valence-corrected chi connectivity index (χ2v) is 5.45. The van der Waals surface area contributed by atoms with Crippen LogP contribution < -0.4 is 0 Å². The van der Waals surface area contributed by atoms with E-state index in [1.165, 1.54) is 0 Å². The van der Waals surface area contributed by atoms with Crippen molar-refractivity contribution in [3.8, 4) is 0 Å².